The number of ether oxygens (including phenoxy) is 1. The number of halogens is 1. The smallest absolute Gasteiger partial charge is 0.232 e. The maximum absolute atomic E-state index is 11.8. The van der Waals surface area contributed by atoms with Crippen molar-refractivity contribution in [2.24, 2.45) is 0 Å². The Bertz CT molecular complexity index is 581. The molecule has 2 aliphatic heterocycles. The molecule has 2 heterocycles. The van der Waals surface area contributed by atoms with E-state index in [0.717, 1.165) is 51.2 Å². The number of amides is 1. The van der Waals surface area contributed by atoms with Crippen LogP contribution in [-0.4, -0.2) is 54.8 Å². The van der Waals surface area contributed by atoms with Gasteiger partial charge in [-0.05, 0) is 25.0 Å². The Hall–Kier alpha value is -1.11. The Morgan fingerprint density at radius 2 is 2.04 bits per heavy atom. The van der Waals surface area contributed by atoms with Crippen LogP contribution < -0.4 is 15.0 Å². The molecule has 140 valence electrons. The third-order valence-electron chi connectivity index (χ3n) is 4.85. The summed E-state index contributed by atoms with van der Waals surface area (Å²) >= 11 is 1.77. The summed E-state index contributed by atoms with van der Waals surface area (Å²) < 4.78 is 5.33. The van der Waals surface area contributed by atoms with Crippen molar-refractivity contribution in [2.45, 2.75) is 31.2 Å². The molecule has 2 fully saturated rings. The SMILES string of the molecule is CCCCC1(N2CCN(c3cccc(OC)c3)CC2)NC(=O)CS1.Cl. The average molecular weight is 386 g/mol. The number of benzene rings is 1. The monoisotopic (exact) mass is 385 g/mol. The summed E-state index contributed by atoms with van der Waals surface area (Å²) in [4.78, 5) is 16.5. The highest BCUT2D eigenvalue weighted by molar-refractivity contribution is 8.01. The lowest BCUT2D eigenvalue weighted by molar-refractivity contribution is -0.120. The number of methoxy groups -OCH3 is 1. The summed E-state index contributed by atoms with van der Waals surface area (Å²) in [5, 5.41) is 3.26. The number of anilines is 1. The molecule has 25 heavy (non-hydrogen) atoms. The van der Waals surface area contributed by atoms with Crippen LogP contribution in [0.1, 0.15) is 26.2 Å². The van der Waals surface area contributed by atoms with Gasteiger partial charge < -0.3 is 15.0 Å². The summed E-state index contributed by atoms with van der Waals surface area (Å²) in [6.07, 6.45) is 3.32. The number of nitrogens with one attached hydrogen (secondary N) is 1. The van der Waals surface area contributed by atoms with E-state index in [9.17, 15) is 4.79 Å². The molecule has 0 saturated carbocycles. The van der Waals surface area contributed by atoms with Gasteiger partial charge in [-0.25, -0.2) is 0 Å². The number of carbonyl (C=O) groups excluding carboxylic acids is 1. The molecule has 1 aromatic carbocycles. The number of piperazine rings is 1. The highest BCUT2D eigenvalue weighted by Crippen LogP contribution is 2.37. The van der Waals surface area contributed by atoms with E-state index in [-0.39, 0.29) is 23.3 Å². The number of thioether (sulfide) groups is 1. The topological polar surface area (TPSA) is 44.8 Å². The Balaban J connectivity index is 0.00000225. The first-order valence-corrected chi connectivity index (χ1v) is 9.74. The van der Waals surface area contributed by atoms with Crippen LogP contribution in [0.3, 0.4) is 0 Å². The van der Waals surface area contributed by atoms with Gasteiger partial charge in [-0.1, -0.05) is 19.4 Å². The van der Waals surface area contributed by atoms with Gasteiger partial charge in [-0.2, -0.15) is 0 Å². The first-order chi connectivity index (χ1) is 11.7. The molecule has 1 aromatic rings. The van der Waals surface area contributed by atoms with Gasteiger partial charge in [-0.15, -0.1) is 24.2 Å². The fourth-order valence-electron chi connectivity index (χ4n) is 3.49. The third kappa shape index (κ3) is 4.54. The quantitative estimate of drug-likeness (QED) is 0.815. The van der Waals surface area contributed by atoms with Gasteiger partial charge in [0.05, 0.1) is 12.9 Å². The Morgan fingerprint density at radius 1 is 1.28 bits per heavy atom. The molecule has 0 spiro atoms. The van der Waals surface area contributed by atoms with Crippen LogP contribution in [0.5, 0.6) is 5.75 Å². The number of unbranched alkanes of at least 4 members (excludes halogenated alkanes) is 1. The van der Waals surface area contributed by atoms with E-state index in [2.05, 4.69) is 34.2 Å². The van der Waals surface area contributed by atoms with E-state index in [1.807, 2.05) is 12.1 Å². The van der Waals surface area contributed by atoms with E-state index >= 15 is 0 Å². The highest BCUT2D eigenvalue weighted by atomic mass is 35.5. The Kier molecular flexibility index (Phi) is 7.28. The van der Waals surface area contributed by atoms with Crippen molar-refractivity contribution in [1.29, 1.82) is 0 Å². The van der Waals surface area contributed by atoms with Gasteiger partial charge in [0, 0.05) is 37.9 Å². The van der Waals surface area contributed by atoms with Gasteiger partial charge in [0.15, 0.2) is 0 Å². The molecule has 0 aliphatic carbocycles. The zero-order valence-electron chi connectivity index (χ0n) is 15.0. The summed E-state index contributed by atoms with van der Waals surface area (Å²) in [7, 11) is 1.70. The molecule has 3 rings (SSSR count). The first kappa shape index (κ1) is 20.2. The minimum absolute atomic E-state index is 0. The summed E-state index contributed by atoms with van der Waals surface area (Å²) in [6.45, 7) is 6.08. The molecule has 7 heteroatoms. The van der Waals surface area contributed by atoms with Gasteiger partial charge >= 0.3 is 0 Å². The fraction of sp³-hybridized carbons (Fsp3) is 0.611. The van der Waals surface area contributed by atoms with Crippen LogP contribution >= 0.6 is 24.2 Å². The van der Waals surface area contributed by atoms with Crippen LogP contribution in [-0.2, 0) is 4.79 Å². The van der Waals surface area contributed by atoms with Crippen molar-refractivity contribution < 1.29 is 9.53 Å². The van der Waals surface area contributed by atoms with E-state index in [1.54, 1.807) is 18.9 Å². The second-order valence-corrected chi connectivity index (χ2v) is 7.65. The Morgan fingerprint density at radius 3 is 2.64 bits per heavy atom. The predicted molar refractivity (Wildman–Crippen MR) is 107 cm³/mol. The number of hydrogen-bond acceptors (Lipinski definition) is 5. The van der Waals surface area contributed by atoms with E-state index in [4.69, 9.17) is 4.74 Å². The lowest BCUT2D eigenvalue weighted by Crippen LogP contribution is -2.60. The summed E-state index contributed by atoms with van der Waals surface area (Å²) in [5.74, 6) is 1.65. The molecule has 1 unspecified atom stereocenters. The second-order valence-electron chi connectivity index (χ2n) is 6.40. The molecule has 1 N–H and O–H groups in total. The normalized spacial score (nSPS) is 23.9. The molecule has 2 aliphatic rings. The predicted octanol–water partition coefficient (Wildman–Crippen LogP) is 2.95. The van der Waals surface area contributed by atoms with E-state index < -0.39 is 0 Å². The average Bonchev–Trinajstić information content (AvgIpc) is 3.02. The molecule has 0 aromatic heterocycles. The standard InChI is InChI=1S/C18H27N3O2S.ClH/c1-3-4-8-18(19-17(22)14-24-18)21-11-9-20(10-12-21)15-6-5-7-16(13-15)23-2;/h5-7,13H,3-4,8-12,14H2,1-2H3,(H,19,22);1H. The van der Waals surface area contributed by atoms with Crippen LogP contribution in [0.25, 0.3) is 0 Å². The lowest BCUT2D eigenvalue weighted by Gasteiger charge is -2.45. The fourth-order valence-corrected chi connectivity index (χ4v) is 4.77. The van der Waals surface area contributed by atoms with Crippen molar-refractivity contribution in [1.82, 2.24) is 10.2 Å². The van der Waals surface area contributed by atoms with E-state index in [0.29, 0.717) is 5.75 Å². The van der Waals surface area contributed by atoms with Crippen LogP contribution in [0.4, 0.5) is 5.69 Å². The number of nitrogens with zero attached hydrogens (tertiary/aromatic N) is 2. The summed E-state index contributed by atoms with van der Waals surface area (Å²) in [6, 6.07) is 8.24. The molecule has 0 bridgehead atoms. The van der Waals surface area contributed by atoms with Crippen LogP contribution in [0.15, 0.2) is 24.3 Å². The summed E-state index contributed by atoms with van der Waals surface area (Å²) in [5.41, 5.74) is 1.21. The van der Waals surface area contributed by atoms with Crippen molar-refractivity contribution >= 4 is 35.8 Å². The molecule has 0 radical (unpaired) electrons. The number of hydrogen-bond donors (Lipinski definition) is 1. The number of carbonyl (C=O) groups is 1. The van der Waals surface area contributed by atoms with Gasteiger partial charge in [0.2, 0.25) is 5.91 Å². The van der Waals surface area contributed by atoms with E-state index in [1.165, 1.54) is 5.69 Å². The maximum atomic E-state index is 11.8. The largest absolute Gasteiger partial charge is 0.497 e. The Labute approximate surface area is 160 Å². The number of rotatable bonds is 6. The molecule has 5 nitrogen and oxygen atoms in total. The van der Waals surface area contributed by atoms with Gasteiger partial charge in [-0.3, -0.25) is 9.69 Å². The molecular formula is C18H28ClN3O2S. The zero-order valence-corrected chi connectivity index (χ0v) is 16.6. The zero-order chi connectivity index (χ0) is 17.0. The molecule has 1 atom stereocenters. The first-order valence-electron chi connectivity index (χ1n) is 8.76. The van der Waals surface area contributed by atoms with Gasteiger partial charge in [0.25, 0.3) is 0 Å². The van der Waals surface area contributed by atoms with Crippen molar-refractivity contribution in [2.75, 3.05) is 43.9 Å². The van der Waals surface area contributed by atoms with Gasteiger partial charge in [0.1, 0.15) is 10.7 Å². The molecular weight excluding hydrogens is 358 g/mol. The van der Waals surface area contributed by atoms with Crippen LogP contribution in [0, 0.1) is 0 Å². The highest BCUT2D eigenvalue weighted by Gasteiger charge is 2.44. The van der Waals surface area contributed by atoms with Crippen molar-refractivity contribution in [3.8, 4) is 5.75 Å². The minimum Gasteiger partial charge on any atom is -0.497 e. The second kappa shape index (κ2) is 9.01. The maximum Gasteiger partial charge on any atom is 0.232 e. The van der Waals surface area contributed by atoms with Crippen molar-refractivity contribution in [3.63, 3.8) is 0 Å². The van der Waals surface area contributed by atoms with Crippen molar-refractivity contribution in [3.05, 3.63) is 24.3 Å². The molecule has 1 amide bonds. The molecule has 2 saturated heterocycles. The third-order valence-corrected chi connectivity index (χ3v) is 6.30. The minimum atomic E-state index is -0.187. The lowest BCUT2D eigenvalue weighted by atomic mass is 10.1. The van der Waals surface area contributed by atoms with Crippen LogP contribution in [0.2, 0.25) is 0 Å².